The van der Waals surface area contributed by atoms with Crippen LogP contribution in [0.5, 0.6) is 0 Å². The number of hydrazine groups is 3. The standard InChI is InChI=1S/C28H47N7O6/c1-5-6-14-22-31-33-35(32-22)19-15-21-23(36)30-28(25(38)39)16-18(28)12-10-8-7-9-11-13-20(24(37)34(21)17-19)29-26(40)41-27(2,3)4/h10,12,18-22,31-33H,5-9,11,13-17H2,1-4H3,(H,29,40)(H,30,36)(H,38,39)/b12-10-/t18-,19-,20+,21+,22?,28-/m1/s1. The van der Waals surface area contributed by atoms with E-state index in [-0.39, 0.29) is 37.0 Å². The van der Waals surface area contributed by atoms with E-state index in [2.05, 4.69) is 33.9 Å². The van der Waals surface area contributed by atoms with Crippen molar-refractivity contribution in [3.05, 3.63) is 12.2 Å². The number of fused-ring (bicyclic) bond motifs is 2. The number of carbonyl (C=O) groups is 4. The van der Waals surface area contributed by atoms with E-state index in [1.165, 1.54) is 4.90 Å². The number of nitrogens with one attached hydrogen (secondary N) is 5. The first-order chi connectivity index (χ1) is 19.4. The first-order valence-corrected chi connectivity index (χ1v) is 15.0. The van der Waals surface area contributed by atoms with E-state index in [1.54, 1.807) is 25.9 Å². The molecule has 1 saturated carbocycles. The van der Waals surface area contributed by atoms with Crippen molar-refractivity contribution in [1.82, 2.24) is 37.0 Å². The Bertz CT molecular complexity index is 1020. The highest BCUT2D eigenvalue weighted by Crippen LogP contribution is 2.45. The molecule has 3 aliphatic heterocycles. The fourth-order valence-electron chi connectivity index (χ4n) is 5.84. The van der Waals surface area contributed by atoms with Crippen LogP contribution in [0.3, 0.4) is 0 Å². The van der Waals surface area contributed by atoms with Crippen molar-refractivity contribution >= 4 is 23.9 Å². The van der Waals surface area contributed by atoms with Crippen molar-refractivity contribution in [3.8, 4) is 0 Å². The molecule has 0 radical (unpaired) electrons. The monoisotopic (exact) mass is 577 g/mol. The summed E-state index contributed by atoms with van der Waals surface area (Å²) in [5, 5.41) is 17.4. The largest absolute Gasteiger partial charge is 0.479 e. The van der Waals surface area contributed by atoms with Crippen LogP contribution in [0, 0.1) is 5.92 Å². The van der Waals surface area contributed by atoms with Crippen LogP contribution in [-0.4, -0.2) is 81.0 Å². The molecule has 3 heterocycles. The van der Waals surface area contributed by atoms with Crippen LogP contribution in [0.2, 0.25) is 0 Å². The Balaban J connectivity index is 1.58. The summed E-state index contributed by atoms with van der Waals surface area (Å²) in [5.41, 5.74) is 7.58. The third kappa shape index (κ3) is 7.76. The Kier molecular flexibility index (Phi) is 9.93. The van der Waals surface area contributed by atoms with Gasteiger partial charge in [-0.2, -0.15) is 10.7 Å². The zero-order chi connectivity index (χ0) is 29.8. The minimum absolute atomic E-state index is 0.00777. The number of amides is 3. The van der Waals surface area contributed by atoms with E-state index in [9.17, 15) is 24.3 Å². The summed E-state index contributed by atoms with van der Waals surface area (Å²) in [6.45, 7) is 7.61. The summed E-state index contributed by atoms with van der Waals surface area (Å²) in [4.78, 5) is 54.3. The third-order valence-corrected chi connectivity index (χ3v) is 8.19. The second-order valence-corrected chi connectivity index (χ2v) is 12.7. The van der Waals surface area contributed by atoms with Gasteiger partial charge in [0.05, 0.1) is 12.2 Å². The van der Waals surface area contributed by atoms with Gasteiger partial charge in [0.1, 0.15) is 23.2 Å². The number of hydrogen-bond donors (Lipinski definition) is 6. The molecule has 2 saturated heterocycles. The molecule has 13 heteroatoms. The minimum Gasteiger partial charge on any atom is -0.479 e. The maximum absolute atomic E-state index is 14.1. The van der Waals surface area contributed by atoms with Gasteiger partial charge < -0.3 is 25.4 Å². The molecule has 6 N–H and O–H groups in total. The van der Waals surface area contributed by atoms with Crippen LogP contribution in [0.1, 0.15) is 91.9 Å². The quantitative estimate of drug-likeness (QED) is 0.256. The summed E-state index contributed by atoms with van der Waals surface area (Å²) in [5.74, 6) is -2.24. The van der Waals surface area contributed by atoms with Crippen LogP contribution in [0.25, 0.3) is 0 Å². The van der Waals surface area contributed by atoms with Crippen LogP contribution >= 0.6 is 0 Å². The highest BCUT2D eigenvalue weighted by atomic mass is 16.6. The van der Waals surface area contributed by atoms with Gasteiger partial charge >= 0.3 is 12.1 Å². The molecule has 13 nitrogen and oxygen atoms in total. The molecule has 1 aliphatic carbocycles. The maximum atomic E-state index is 14.1. The van der Waals surface area contributed by atoms with Crippen molar-refractivity contribution in [3.63, 3.8) is 0 Å². The van der Waals surface area contributed by atoms with Gasteiger partial charge in [0, 0.05) is 12.5 Å². The molecule has 0 bridgehead atoms. The van der Waals surface area contributed by atoms with E-state index in [1.807, 2.05) is 12.2 Å². The number of allylic oxidation sites excluding steroid dienone is 1. The van der Waals surface area contributed by atoms with Gasteiger partial charge in [-0.25, -0.2) is 20.4 Å². The Morgan fingerprint density at radius 1 is 1.22 bits per heavy atom. The SMILES string of the molecule is CCCCC1NNN([C@@H]2C[C@H]3C(=O)N[C@]4(C(=O)O)C[C@H]4/C=C\CCCCC[C@H](NC(=O)OC(C)(C)C)C(=O)N3C2)N1. The van der Waals surface area contributed by atoms with Crippen molar-refractivity contribution in [2.45, 2.75) is 127 Å². The number of nitrogens with zero attached hydrogens (tertiary/aromatic N) is 2. The first kappa shape index (κ1) is 31.2. The van der Waals surface area contributed by atoms with Crippen molar-refractivity contribution < 1.29 is 29.0 Å². The van der Waals surface area contributed by atoms with Gasteiger partial charge in [-0.15, -0.1) is 0 Å². The number of carboxylic acid groups (broad SMARTS) is 1. The molecule has 0 aromatic heterocycles. The zero-order valence-corrected chi connectivity index (χ0v) is 24.7. The second kappa shape index (κ2) is 13.1. The van der Waals surface area contributed by atoms with Crippen LogP contribution in [0.15, 0.2) is 12.2 Å². The lowest BCUT2D eigenvalue weighted by molar-refractivity contribution is -0.145. The smallest absolute Gasteiger partial charge is 0.408 e. The first-order valence-electron chi connectivity index (χ1n) is 15.0. The number of aliphatic carboxylic acids is 1. The predicted molar refractivity (Wildman–Crippen MR) is 150 cm³/mol. The van der Waals surface area contributed by atoms with Crippen LogP contribution < -0.4 is 27.0 Å². The minimum atomic E-state index is -1.37. The molecule has 4 aliphatic rings. The maximum Gasteiger partial charge on any atom is 0.408 e. The summed E-state index contributed by atoms with van der Waals surface area (Å²) in [7, 11) is 0. The van der Waals surface area contributed by atoms with Gasteiger partial charge in [-0.3, -0.25) is 9.59 Å². The Hall–Kier alpha value is -2.74. The molecule has 1 unspecified atom stereocenters. The van der Waals surface area contributed by atoms with E-state index in [0.717, 1.165) is 38.5 Å². The Morgan fingerprint density at radius 2 is 2.00 bits per heavy atom. The number of rotatable bonds is 6. The van der Waals surface area contributed by atoms with E-state index < -0.39 is 41.2 Å². The van der Waals surface area contributed by atoms with Crippen molar-refractivity contribution in [1.29, 1.82) is 0 Å². The molecule has 0 spiro atoms. The Labute approximate surface area is 242 Å². The number of carboxylic acids is 1. The Morgan fingerprint density at radius 3 is 2.71 bits per heavy atom. The molecule has 230 valence electrons. The fraction of sp³-hybridized carbons (Fsp3) is 0.786. The van der Waals surface area contributed by atoms with Crippen molar-refractivity contribution in [2.75, 3.05) is 6.54 Å². The number of ether oxygens (including phenoxy) is 1. The number of alkyl carbamates (subject to hydrolysis) is 1. The summed E-state index contributed by atoms with van der Waals surface area (Å²) in [6, 6.07) is -2.05. The summed E-state index contributed by atoms with van der Waals surface area (Å²) in [6.07, 6.45) is 10.4. The number of unbranched alkanes of at least 4 members (excludes halogenated alkanes) is 1. The van der Waals surface area contributed by atoms with Gasteiger partial charge in [0.2, 0.25) is 11.8 Å². The van der Waals surface area contributed by atoms with E-state index in [0.29, 0.717) is 19.3 Å². The van der Waals surface area contributed by atoms with Gasteiger partial charge in [0.25, 0.3) is 0 Å². The summed E-state index contributed by atoms with van der Waals surface area (Å²) >= 11 is 0. The molecule has 4 rings (SSSR count). The molecule has 41 heavy (non-hydrogen) atoms. The lowest BCUT2D eigenvalue weighted by atomic mass is 10.0. The highest BCUT2D eigenvalue weighted by Gasteiger charge is 2.61. The van der Waals surface area contributed by atoms with Gasteiger partial charge in [-0.1, -0.05) is 44.8 Å². The topological polar surface area (TPSA) is 164 Å². The highest BCUT2D eigenvalue weighted by molar-refractivity contribution is 5.96. The molecule has 0 aromatic carbocycles. The zero-order valence-electron chi connectivity index (χ0n) is 24.7. The molecular formula is C28H47N7O6. The lowest BCUT2D eigenvalue weighted by Gasteiger charge is -2.30. The normalized spacial score (nSPS) is 34.0. The van der Waals surface area contributed by atoms with E-state index in [4.69, 9.17) is 4.74 Å². The molecule has 3 amide bonds. The average molecular weight is 578 g/mol. The number of hydrogen-bond acceptors (Lipinski definition) is 9. The summed E-state index contributed by atoms with van der Waals surface area (Å²) < 4.78 is 5.44. The molecule has 6 atom stereocenters. The number of carbonyl (C=O) groups excluding carboxylic acids is 3. The van der Waals surface area contributed by atoms with Crippen LogP contribution in [-0.2, 0) is 19.1 Å². The molecular weight excluding hydrogens is 530 g/mol. The molecule has 0 aromatic rings. The fourth-order valence-corrected chi connectivity index (χ4v) is 5.84. The van der Waals surface area contributed by atoms with Gasteiger partial charge in [-0.05, 0) is 59.3 Å². The van der Waals surface area contributed by atoms with Gasteiger partial charge in [0.15, 0.2) is 0 Å². The predicted octanol–water partition coefficient (Wildman–Crippen LogP) is 1.67. The molecule has 3 fully saturated rings. The van der Waals surface area contributed by atoms with E-state index >= 15 is 0 Å². The lowest BCUT2D eigenvalue weighted by Crippen LogP contribution is -2.56. The third-order valence-electron chi connectivity index (χ3n) is 8.19. The van der Waals surface area contributed by atoms with Crippen molar-refractivity contribution in [2.24, 2.45) is 5.92 Å². The second-order valence-electron chi connectivity index (χ2n) is 12.7. The van der Waals surface area contributed by atoms with Crippen LogP contribution in [0.4, 0.5) is 4.79 Å². The average Bonchev–Trinajstić information content (AvgIpc) is 3.22.